The summed E-state index contributed by atoms with van der Waals surface area (Å²) in [5.74, 6) is 1.22. The van der Waals surface area contributed by atoms with E-state index in [1.807, 2.05) is 30.3 Å². The largest absolute Gasteiger partial charge is 0.466 e. The molecule has 0 saturated carbocycles. The van der Waals surface area contributed by atoms with Crippen molar-refractivity contribution >= 4 is 17.7 Å². The van der Waals surface area contributed by atoms with Gasteiger partial charge in [-0.25, -0.2) is 9.97 Å². The highest BCUT2D eigenvalue weighted by atomic mass is 32.2. The van der Waals surface area contributed by atoms with Crippen molar-refractivity contribution in [3.05, 3.63) is 42.7 Å². The van der Waals surface area contributed by atoms with Crippen molar-refractivity contribution in [1.82, 2.24) is 9.97 Å². The number of thioether (sulfide) groups is 1. The zero-order valence-electron chi connectivity index (χ0n) is 11.3. The second kappa shape index (κ2) is 7.65. The van der Waals surface area contributed by atoms with Crippen molar-refractivity contribution in [3.8, 4) is 11.4 Å². The number of carbonyl (C=O) groups excluding carboxylic acids is 1. The van der Waals surface area contributed by atoms with Gasteiger partial charge in [0, 0.05) is 28.6 Å². The second-order valence-electron chi connectivity index (χ2n) is 4.01. The van der Waals surface area contributed by atoms with Crippen LogP contribution >= 0.6 is 11.8 Å². The van der Waals surface area contributed by atoms with Crippen molar-refractivity contribution in [3.63, 3.8) is 0 Å². The smallest absolute Gasteiger partial charge is 0.306 e. The van der Waals surface area contributed by atoms with Crippen LogP contribution in [0.1, 0.15) is 13.3 Å². The molecule has 0 aliphatic carbocycles. The van der Waals surface area contributed by atoms with Gasteiger partial charge in [-0.05, 0) is 6.92 Å². The monoisotopic (exact) mass is 288 g/mol. The summed E-state index contributed by atoms with van der Waals surface area (Å²) in [4.78, 5) is 20.8. The van der Waals surface area contributed by atoms with Gasteiger partial charge in [0.25, 0.3) is 0 Å². The van der Waals surface area contributed by atoms with Crippen molar-refractivity contribution < 1.29 is 9.53 Å². The number of aromatic nitrogens is 2. The van der Waals surface area contributed by atoms with Crippen LogP contribution in [0.5, 0.6) is 0 Å². The summed E-state index contributed by atoms with van der Waals surface area (Å²) in [6, 6.07) is 9.83. The number of benzene rings is 1. The third-order valence-electron chi connectivity index (χ3n) is 2.54. The first-order valence-corrected chi connectivity index (χ1v) is 7.44. The van der Waals surface area contributed by atoms with E-state index < -0.39 is 0 Å². The highest BCUT2D eigenvalue weighted by Gasteiger charge is 2.04. The quantitative estimate of drug-likeness (QED) is 0.603. The Morgan fingerprint density at radius 3 is 2.55 bits per heavy atom. The van der Waals surface area contributed by atoms with E-state index in [0.717, 1.165) is 10.5 Å². The average Bonchev–Trinajstić information content (AvgIpc) is 2.49. The van der Waals surface area contributed by atoms with E-state index in [1.165, 1.54) is 0 Å². The standard InChI is InChI=1S/C15H16N2O2S/c1-2-19-14(18)8-9-20-13-10-16-15(17-11-13)12-6-4-3-5-7-12/h3-7,10-11H,2,8-9H2,1H3. The number of carbonyl (C=O) groups is 1. The summed E-state index contributed by atoms with van der Waals surface area (Å²) < 4.78 is 4.87. The molecule has 4 nitrogen and oxygen atoms in total. The van der Waals surface area contributed by atoms with E-state index in [2.05, 4.69) is 9.97 Å². The molecule has 0 spiro atoms. The summed E-state index contributed by atoms with van der Waals surface area (Å²) in [6.45, 7) is 2.24. The number of ether oxygens (including phenoxy) is 1. The van der Waals surface area contributed by atoms with Gasteiger partial charge in [-0.15, -0.1) is 11.8 Å². The summed E-state index contributed by atoms with van der Waals surface area (Å²) >= 11 is 1.55. The van der Waals surface area contributed by atoms with Crippen LogP contribution in [0.2, 0.25) is 0 Å². The van der Waals surface area contributed by atoms with E-state index in [1.54, 1.807) is 31.1 Å². The van der Waals surface area contributed by atoms with Crippen LogP contribution in [0, 0.1) is 0 Å². The number of nitrogens with zero attached hydrogens (tertiary/aromatic N) is 2. The van der Waals surface area contributed by atoms with E-state index >= 15 is 0 Å². The maximum Gasteiger partial charge on any atom is 0.306 e. The molecule has 5 heteroatoms. The summed E-state index contributed by atoms with van der Waals surface area (Å²) in [5.41, 5.74) is 0.996. The molecule has 0 atom stereocenters. The molecule has 0 aliphatic rings. The van der Waals surface area contributed by atoms with Gasteiger partial charge in [0.05, 0.1) is 13.0 Å². The van der Waals surface area contributed by atoms with Crippen LogP contribution in [0.3, 0.4) is 0 Å². The Labute approximate surface area is 122 Å². The van der Waals surface area contributed by atoms with Crippen molar-refractivity contribution in [2.75, 3.05) is 12.4 Å². The van der Waals surface area contributed by atoms with Gasteiger partial charge in [-0.2, -0.15) is 0 Å². The van der Waals surface area contributed by atoms with Gasteiger partial charge in [0.2, 0.25) is 0 Å². The van der Waals surface area contributed by atoms with Gasteiger partial charge in [-0.3, -0.25) is 4.79 Å². The first-order valence-electron chi connectivity index (χ1n) is 6.45. The molecule has 0 bridgehead atoms. The molecule has 0 amide bonds. The van der Waals surface area contributed by atoms with Gasteiger partial charge >= 0.3 is 5.97 Å². The van der Waals surface area contributed by atoms with Crippen LogP contribution < -0.4 is 0 Å². The molecule has 0 saturated heterocycles. The Bertz CT molecular complexity index is 544. The third-order valence-corrected chi connectivity index (χ3v) is 3.49. The Balaban J connectivity index is 1.88. The van der Waals surface area contributed by atoms with Crippen LogP contribution in [0.15, 0.2) is 47.6 Å². The highest BCUT2D eigenvalue weighted by Crippen LogP contribution is 2.19. The minimum absolute atomic E-state index is 0.165. The van der Waals surface area contributed by atoms with E-state index in [4.69, 9.17) is 4.74 Å². The molecule has 20 heavy (non-hydrogen) atoms. The molecular weight excluding hydrogens is 272 g/mol. The van der Waals surface area contributed by atoms with Crippen LogP contribution in [-0.4, -0.2) is 28.3 Å². The fraction of sp³-hybridized carbons (Fsp3) is 0.267. The van der Waals surface area contributed by atoms with Crippen molar-refractivity contribution in [2.45, 2.75) is 18.2 Å². The molecule has 1 aromatic heterocycles. The maximum absolute atomic E-state index is 11.2. The van der Waals surface area contributed by atoms with Gasteiger partial charge < -0.3 is 4.74 Å². The van der Waals surface area contributed by atoms with Crippen molar-refractivity contribution in [1.29, 1.82) is 0 Å². The molecule has 1 heterocycles. The molecule has 0 unspecified atom stereocenters. The molecule has 0 aliphatic heterocycles. The zero-order valence-corrected chi connectivity index (χ0v) is 12.1. The molecular formula is C15H16N2O2S. The number of esters is 1. The second-order valence-corrected chi connectivity index (χ2v) is 5.18. The molecule has 1 aromatic carbocycles. The van der Waals surface area contributed by atoms with Gasteiger partial charge in [0.1, 0.15) is 0 Å². The Kier molecular flexibility index (Phi) is 5.55. The first kappa shape index (κ1) is 14.5. The molecule has 2 aromatic rings. The number of rotatable bonds is 6. The van der Waals surface area contributed by atoms with E-state index in [-0.39, 0.29) is 5.97 Å². The summed E-state index contributed by atoms with van der Waals surface area (Å²) in [7, 11) is 0. The Morgan fingerprint density at radius 2 is 1.90 bits per heavy atom. The maximum atomic E-state index is 11.2. The lowest BCUT2D eigenvalue weighted by Crippen LogP contribution is -2.04. The number of hydrogen-bond acceptors (Lipinski definition) is 5. The number of hydrogen-bond donors (Lipinski definition) is 0. The van der Waals surface area contributed by atoms with Gasteiger partial charge in [0.15, 0.2) is 5.82 Å². The minimum Gasteiger partial charge on any atom is -0.466 e. The molecule has 2 rings (SSSR count). The normalized spacial score (nSPS) is 10.2. The third kappa shape index (κ3) is 4.35. The summed E-state index contributed by atoms with van der Waals surface area (Å²) in [5, 5.41) is 0. The molecule has 0 fully saturated rings. The lowest BCUT2D eigenvalue weighted by Gasteiger charge is -2.03. The minimum atomic E-state index is -0.165. The van der Waals surface area contributed by atoms with E-state index in [9.17, 15) is 4.79 Å². The fourth-order valence-electron chi connectivity index (χ4n) is 1.61. The topological polar surface area (TPSA) is 52.1 Å². The molecule has 104 valence electrons. The zero-order chi connectivity index (χ0) is 14.2. The fourth-order valence-corrected chi connectivity index (χ4v) is 2.37. The lowest BCUT2D eigenvalue weighted by atomic mass is 10.2. The Hall–Kier alpha value is -1.88. The highest BCUT2D eigenvalue weighted by molar-refractivity contribution is 7.99. The first-order chi connectivity index (χ1) is 9.79. The predicted octanol–water partition coefficient (Wildman–Crippen LogP) is 3.19. The van der Waals surface area contributed by atoms with E-state index in [0.29, 0.717) is 24.6 Å². The summed E-state index contributed by atoms with van der Waals surface area (Å²) in [6.07, 6.45) is 3.97. The lowest BCUT2D eigenvalue weighted by molar-refractivity contribution is -0.142. The van der Waals surface area contributed by atoms with Crippen molar-refractivity contribution in [2.24, 2.45) is 0 Å². The molecule has 0 radical (unpaired) electrons. The van der Waals surface area contributed by atoms with Crippen LogP contribution in [-0.2, 0) is 9.53 Å². The van der Waals surface area contributed by atoms with Crippen LogP contribution in [0.4, 0.5) is 0 Å². The van der Waals surface area contributed by atoms with Gasteiger partial charge in [-0.1, -0.05) is 30.3 Å². The predicted molar refractivity (Wildman–Crippen MR) is 79.4 cm³/mol. The SMILES string of the molecule is CCOC(=O)CCSc1cnc(-c2ccccc2)nc1. The van der Waals surface area contributed by atoms with Crippen LogP contribution in [0.25, 0.3) is 11.4 Å². The average molecular weight is 288 g/mol. The molecule has 0 N–H and O–H groups in total. The Morgan fingerprint density at radius 1 is 1.20 bits per heavy atom.